The Kier molecular flexibility index (Phi) is 4.59. The average molecular weight is 270 g/mol. The second-order valence-corrected chi connectivity index (χ2v) is 7.03. The highest BCUT2D eigenvalue weighted by Gasteiger charge is 2.38. The highest BCUT2D eigenvalue weighted by atomic mass is 32.2. The molecule has 4 heteroatoms. The molecule has 0 bridgehead atoms. The normalized spacial score (nSPS) is 25.6. The minimum absolute atomic E-state index is 0.147. The van der Waals surface area contributed by atoms with Crippen molar-refractivity contribution in [2.75, 3.05) is 18.9 Å². The average Bonchev–Trinajstić information content (AvgIpc) is 2.71. The van der Waals surface area contributed by atoms with E-state index < -0.39 is 0 Å². The lowest BCUT2D eigenvalue weighted by molar-refractivity contribution is -0.00210. The minimum Gasteiger partial charge on any atom is -0.374 e. The van der Waals surface area contributed by atoms with Gasteiger partial charge in [0.1, 0.15) is 0 Å². The largest absolute Gasteiger partial charge is 0.374 e. The van der Waals surface area contributed by atoms with Gasteiger partial charge in [0.25, 0.3) is 0 Å². The van der Waals surface area contributed by atoms with E-state index in [0.717, 1.165) is 18.3 Å². The monoisotopic (exact) mass is 270 g/mol. The summed E-state index contributed by atoms with van der Waals surface area (Å²) in [6.07, 6.45) is 6.76. The molecule has 0 unspecified atom stereocenters. The summed E-state index contributed by atoms with van der Waals surface area (Å²) >= 11 is 1.89. The zero-order valence-corrected chi connectivity index (χ0v) is 12.7. The van der Waals surface area contributed by atoms with Crippen molar-refractivity contribution < 1.29 is 4.74 Å². The Balaban J connectivity index is 1.88. The molecule has 18 heavy (non-hydrogen) atoms. The quantitative estimate of drug-likeness (QED) is 0.851. The Hall–Kier alpha value is -0.220. The van der Waals surface area contributed by atoms with Crippen molar-refractivity contribution in [3.05, 3.63) is 0 Å². The van der Waals surface area contributed by atoms with Gasteiger partial charge < -0.3 is 10.1 Å². The first-order valence-corrected chi connectivity index (χ1v) is 8.13. The predicted octanol–water partition coefficient (Wildman–Crippen LogP) is 3.20. The maximum absolute atomic E-state index is 5.68. The fourth-order valence-corrected chi connectivity index (χ4v) is 4.01. The first-order chi connectivity index (χ1) is 8.55. The number of amidine groups is 1. The van der Waals surface area contributed by atoms with Gasteiger partial charge >= 0.3 is 0 Å². The second-order valence-electron chi connectivity index (χ2n) is 6.07. The Morgan fingerprint density at radius 1 is 1.33 bits per heavy atom. The third-order valence-corrected chi connectivity index (χ3v) is 5.01. The van der Waals surface area contributed by atoms with Gasteiger partial charge in [-0.05, 0) is 33.6 Å². The standard InChI is InChI=1S/C14H26N2OS/c1-4-17-13(2,3)10-15-12-16-14(11-18-12)8-6-5-7-9-14/h4-11H2,1-3H3,(H,15,16). The highest BCUT2D eigenvalue weighted by Crippen LogP contribution is 2.36. The van der Waals surface area contributed by atoms with Crippen LogP contribution in [0.15, 0.2) is 4.99 Å². The van der Waals surface area contributed by atoms with E-state index in [9.17, 15) is 0 Å². The van der Waals surface area contributed by atoms with E-state index in [4.69, 9.17) is 9.73 Å². The Labute approximate surface area is 115 Å². The number of thioether (sulfide) groups is 1. The maximum Gasteiger partial charge on any atom is 0.157 e. The van der Waals surface area contributed by atoms with Crippen LogP contribution in [0.1, 0.15) is 52.9 Å². The van der Waals surface area contributed by atoms with Crippen LogP contribution in [-0.4, -0.2) is 35.2 Å². The molecule has 1 saturated heterocycles. The van der Waals surface area contributed by atoms with Crippen LogP contribution >= 0.6 is 11.8 Å². The van der Waals surface area contributed by atoms with Crippen molar-refractivity contribution in [2.45, 2.75) is 64.0 Å². The molecule has 1 N–H and O–H groups in total. The molecule has 2 fully saturated rings. The summed E-state index contributed by atoms with van der Waals surface area (Å²) in [6, 6.07) is 0. The summed E-state index contributed by atoms with van der Waals surface area (Å²) in [5.74, 6) is 1.20. The molecule has 0 atom stereocenters. The molecule has 3 nitrogen and oxygen atoms in total. The van der Waals surface area contributed by atoms with Gasteiger partial charge in [-0.3, -0.25) is 4.99 Å². The molecule has 104 valence electrons. The lowest BCUT2D eigenvalue weighted by atomic mass is 9.83. The molecule has 1 saturated carbocycles. The van der Waals surface area contributed by atoms with Gasteiger partial charge in [0.05, 0.1) is 12.1 Å². The first kappa shape index (κ1) is 14.2. The van der Waals surface area contributed by atoms with Gasteiger partial charge in [-0.15, -0.1) is 0 Å². The summed E-state index contributed by atoms with van der Waals surface area (Å²) in [4.78, 5) is 4.71. The summed E-state index contributed by atoms with van der Waals surface area (Å²) in [7, 11) is 0. The van der Waals surface area contributed by atoms with Crippen LogP contribution in [-0.2, 0) is 4.74 Å². The van der Waals surface area contributed by atoms with Crippen molar-refractivity contribution in [3.8, 4) is 0 Å². The van der Waals surface area contributed by atoms with Crippen LogP contribution in [0.25, 0.3) is 0 Å². The molecule has 0 radical (unpaired) electrons. The molecule has 1 heterocycles. The van der Waals surface area contributed by atoms with E-state index in [1.807, 2.05) is 18.7 Å². The lowest BCUT2D eigenvalue weighted by Gasteiger charge is -2.32. The number of rotatable bonds is 4. The molecule has 0 aromatic rings. The molecule has 1 aliphatic heterocycles. The third kappa shape index (κ3) is 3.64. The summed E-state index contributed by atoms with van der Waals surface area (Å²) in [5.41, 5.74) is 0.212. The first-order valence-electron chi connectivity index (χ1n) is 7.15. The number of nitrogens with zero attached hydrogens (tertiary/aromatic N) is 1. The molecule has 0 amide bonds. The second kappa shape index (κ2) is 5.83. The molecular weight excluding hydrogens is 244 g/mol. The summed E-state index contributed by atoms with van der Waals surface area (Å²) in [6.45, 7) is 7.75. The molecule has 0 aromatic carbocycles. The zero-order valence-electron chi connectivity index (χ0n) is 11.9. The van der Waals surface area contributed by atoms with Crippen molar-refractivity contribution >= 4 is 16.9 Å². The van der Waals surface area contributed by atoms with Crippen molar-refractivity contribution in [1.82, 2.24) is 5.32 Å². The number of hydrogen-bond donors (Lipinski definition) is 1. The smallest absolute Gasteiger partial charge is 0.157 e. The van der Waals surface area contributed by atoms with Crippen LogP contribution in [0.3, 0.4) is 0 Å². The topological polar surface area (TPSA) is 33.6 Å². The number of nitrogens with one attached hydrogen (secondary N) is 1. The van der Waals surface area contributed by atoms with E-state index >= 15 is 0 Å². The van der Waals surface area contributed by atoms with Gasteiger partial charge in [-0.1, -0.05) is 31.0 Å². The molecule has 1 aliphatic carbocycles. The van der Waals surface area contributed by atoms with E-state index in [-0.39, 0.29) is 5.60 Å². The maximum atomic E-state index is 5.68. The van der Waals surface area contributed by atoms with E-state index in [1.54, 1.807) is 0 Å². The fraction of sp³-hybridized carbons (Fsp3) is 0.929. The third-order valence-electron chi connectivity index (χ3n) is 3.81. The SMILES string of the molecule is CCOC(C)(C)CN=C1NC2(CCCCC2)CS1. The van der Waals surface area contributed by atoms with Gasteiger partial charge in [-0.2, -0.15) is 0 Å². The van der Waals surface area contributed by atoms with E-state index in [1.165, 1.54) is 37.9 Å². The molecule has 0 aromatic heterocycles. The van der Waals surface area contributed by atoms with Crippen LogP contribution in [0.5, 0.6) is 0 Å². The van der Waals surface area contributed by atoms with Gasteiger partial charge in [0.15, 0.2) is 5.17 Å². The Morgan fingerprint density at radius 3 is 2.72 bits per heavy atom. The Morgan fingerprint density at radius 2 is 2.06 bits per heavy atom. The lowest BCUT2D eigenvalue weighted by Crippen LogP contribution is -2.45. The summed E-state index contributed by atoms with van der Waals surface area (Å²) in [5, 5.41) is 4.81. The van der Waals surface area contributed by atoms with Crippen LogP contribution < -0.4 is 5.32 Å². The Bertz CT molecular complexity index is 309. The van der Waals surface area contributed by atoms with Crippen LogP contribution in [0.4, 0.5) is 0 Å². The van der Waals surface area contributed by atoms with E-state index in [2.05, 4.69) is 19.2 Å². The van der Waals surface area contributed by atoms with Crippen LogP contribution in [0, 0.1) is 0 Å². The predicted molar refractivity (Wildman–Crippen MR) is 79.4 cm³/mol. The number of aliphatic imine (C=N–C) groups is 1. The number of ether oxygens (including phenoxy) is 1. The van der Waals surface area contributed by atoms with Gasteiger partial charge in [0.2, 0.25) is 0 Å². The van der Waals surface area contributed by atoms with Crippen molar-refractivity contribution in [3.63, 3.8) is 0 Å². The van der Waals surface area contributed by atoms with Crippen LogP contribution in [0.2, 0.25) is 0 Å². The molecular formula is C14H26N2OS. The van der Waals surface area contributed by atoms with Gasteiger partial charge in [0, 0.05) is 17.9 Å². The van der Waals surface area contributed by atoms with Crippen molar-refractivity contribution in [1.29, 1.82) is 0 Å². The molecule has 2 rings (SSSR count). The van der Waals surface area contributed by atoms with Crippen molar-refractivity contribution in [2.24, 2.45) is 4.99 Å². The van der Waals surface area contributed by atoms with Gasteiger partial charge in [-0.25, -0.2) is 0 Å². The number of hydrogen-bond acceptors (Lipinski definition) is 3. The zero-order chi connectivity index (χ0) is 13.1. The molecule has 2 aliphatic rings. The highest BCUT2D eigenvalue weighted by molar-refractivity contribution is 8.14. The minimum atomic E-state index is -0.147. The van der Waals surface area contributed by atoms with E-state index in [0.29, 0.717) is 5.54 Å². The summed E-state index contributed by atoms with van der Waals surface area (Å²) < 4.78 is 5.68. The fourth-order valence-electron chi connectivity index (χ4n) is 2.79. The molecule has 1 spiro atoms.